The highest BCUT2D eigenvalue weighted by atomic mass is 35.5. The van der Waals surface area contributed by atoms with Gasteiger partial charge >= 0.3 is 0 Å². The Kier molecular flexibility index (Phi) is 12.6. The van der Waals surface area contributed by atoms with Crippen LogP contribution in [0.1, 0.15) is 22.4 Å². The second kappa shape index (κ2) is 16.1. The maximum Gasteiger partial charge on any atom is 0.260 e. The number of nitrogens with zero attached hydrogens (tertiary/aromatic N) is 2. The van der Waals surface area contributed by atoms with E-state index in [-0.39, 0.29) is 25.0 Å². The molecular formula is C30H37ClN2O6S. The lowest BCUT2D eigenvalue weighted by Crippen LogP contribution is -2.45. The molecule has 0 saturated carbocycles. The van der Waals surface area contributed by atoms with Crippen molar-refractivity contribution in [3.8, 4) is 17.2 Å². The van der Waals surface area contributed by atoms with E-state index in [2.05, 4.69) is 0 Å². The van der Waals surface area contributed by atoms with Crippen molar-refractivity contribution >= 4 is 34.8 Å². The predicted molar refractivity (Wildman–Crippen MR) is 158 cm³/mol. The molecule has 0 spiro atoms. The maximum atomic E-state index is 13.7. The van der Waals surface area contributed by atoms with Crippen LogP contribution in [-0.2, 0) is 27.3 Å². The topological polar surface area (TPSA) is 77.5 Å². The molecule has 2 aromatic carbocycles. The van der Waals surface area contributed by atoms with E-state index in [4.69, 9.17) is 30.5 Å². The Bertz CT molecular complexity index is 1230. The molecule has 3 aromatic rings. The molecule has 0 aliphatic rings. The summed E-state index contributed by atoms with van der Waals surface area (Å²) in [5.74, 6) is 1.42. The number of methoxy groups -OCH3 is 3. The molecule has 0 bridgehead atoms. The van der Waals surface area contributed by atoms with E-state index in [1.165, 1.54) is 0 Å². The summed E-state index contributed by atoms with van der Waals surface area (Å²) in [6, 6.07) is 14.6. The van der Waals surface area contributed by atoms with Crippen LogP contribution in [0.4, 0.5) is 0 Å². The van der Waals surface area contributed by atoms with E-state index in [9.17, 15) is 9.59 Å². The minimum Gasteiger partial charge on any atom is -0.493 e. The summed E-state index contributed by atoms with van der Waals surface area (Å²) in [7, 11) is 4.81. The zero-order valence-electron chi connectivity index (χ0n) is 23.5. The highest BCUT2D eigenvalue weighted by Crippen LogP contribution is 2.28. The fraction of sp³-hybridized carbons (Fsp3) is 0.400. The fourth-order valence-electron chi connectivity index (χ4n) is 4.05. The van der Waals surface area contributed by atoms with Gasteiger partial charge in [-0.25, -0.2) is 0 Å². The van der Waals surface area contributed by atoms with Gasteiger partial charge in [-0.1, -0.05) is 17.7 Å². The average molecular weight is 589 g/mol. The number of ether oxygens (including phenoxy) is 4. The lowest BCUT2D eigenvalue weighted by atomic mass is 10.1. The van der Waals surface area contributed by atoms with Gasteiger partial charge in [-0.2, -0.15) is 0 Å². The lowest BCUT2D eigenvalue weighted by molar-refractivity contribution is -0.142. The molecule has 1 heterocycles. The van der Waals surface area contributed by atoms with E-state index in [1.807, 2.05) is 41.5 Å². The number of carbonyl (C=O) groups is 2. The number of halogens is 1. The summed E-state index contributed by atoms with van der Waals surface area (Å²) < 4.78 is 21.6. The fourth-order valence-corrected chi connectivity index (χ4v) is 5.10. The molecule has 0 fully saturated rings. The summed E-state index contributed by atoms with van der Waals surface area (Å²) in [6.45, 7) is 3.61. The van der Waals surface area contributed by atoms with Crippen molar-refractivity contribution in [2.45, 2.75) is 26.3 Å². The van der Waals surface area contributed by atoms with Crippen LogP contribution in [0.3, 0.4) is 0 Å². The minimum absolute atomic E-state index is 0.0527. The molecule has 0 aliphatic heterocycles. The second-order valence-corrected chi connectivity index (χ2v) is 10.6. The van der Waals surface area contributed by atoms with Gasteiger partial charge in [-0.05, 0) is 78.7 Å². The van der Waals surface area contributed by atoms with Crippen molar-refractivity contribution in [2.24, 2.45) is 0 Å². The molecule has 0 N–H and O–H groups in total. The van der Waals surface area contributed by atoms with Gasteiger partial charge in [0.25, 0.3) is 5.91 Å². The van der Waals surface area contributed by atoms with Crippen molar-refractivity contribution in [3.63, 3.8) is 0 Å². The molecule has 0 saturated heterocycles. The van der Waals surface area contributed by atoms with Crippen LogP contribution >= 0.6 is 22.9 Å². The van der Waals surface area contributed by atoms with Gasteiger partial charge in [0, 0.05) is 36.7 Å². The molecule has 216 valence electrons. The Morgan fingerprint density at radius 2 is 1.65 bits per heavy atom. The van der Waals surface area contributed by atoms with E-state index in [0.29, 0.717) is 61.4 Å². The second-order valence-electron chi connectivity index (χ2n) is 9.19. The summed E-state index contributed by atoms with van der Waals surface area (Å²) in [5.41, 5.74) is 2.15. The molecule has 0 atom stereocenters. The molecule has 0 aliphatic carbocycles. The van der Waals surface area contributed by atoms with Crippen molar-refractivity contribution < 1.29 is 28.5 Å². The maximum absolute atomic E-state index is 13.7. The first-order chi connectivity index (χ1) is 19.3. The van der Waals surface area contributed by atoms with Crippen LogP contribution < -0.4 is 14.2 Å². The Balaban J connectivity index is 1.73. The molecule has 10 heteroatoms. The first-order valence-electron chi connectivity index (χ1n) is 13.0. The lowest BCUT2D eigenvalue weighted by Gasteiger charge is -2.28. The first kappa shape index (κ1) is 31.3. The summed E-state index contributed by atoms with van der Waals surface area (Å²) in [6.07, 6.45) is 1.22. The minimum atomic E-state index is -0.272. The summed E-state index contributed by atoms with van der Waals surface area (Å²) in [4.78, 5) is 31.3. The van der Waals surface area contributed by atoms with Crippen LogP contribution in [0.5, 0.6) is 17.2 Å². The smallest absolute Gasteiger partial charge is 0.260 e. The van der Waals surface area contributed by atoms with Crippen LogP contribution in [0, 0.1) is 6.92 Å². The third-order valence-electron chi connectivity index (χ3n) is 6.40. The molecule has 8 nitrogen and oxygen atoms in total. The van der Waals surface area contributed by atoms with Gasteiger partial charge in [0.15, 0.2) is 18.1 Å². The Morgan fingerprint density at radius 3 is 2.30 bits per heavy atom. The molecule has 2 amide bonds. The van der Waals surface area contributed by atoms with Crippen LogP contribution in [0.2, 0.25) is 5.02 Å². The van der Waals surface area contributed by atoms with Gasteiger partial charge in [0.2, 0.25) is 5.91 Å². The number of thiophene rings is 1. The molecule has 1 aromatic heterocycles. The number of hydrogen-bond acceptors (Lipinski definition) is 7. The van der Waals surface area contributed by atoms with Crippen molar-refractivity contribution in [1.82, 2.24) is 9.80 Å². The van der Waals surface area contributed by atoms with Gasteiger partial charge in [0.05, 0.1) is 27.3 Å². The Hall–Kier alpha value is -3.27. The largest absolute Gasteiger partial charge is 0.493 e. The normalized spacial score (nSPS) is 10.7. The molecule has 40 heavy (non-hydrogen) atoms. The number of rotatable bonds is 16. The van der Waals surface area contributed by atoms with Crippen molar-refractivity contribution in [3.05, 3.63) is 74.9 Å². The molecular weight excluding hydrogens is 552 g/mol. The summed E-state index contributed by atoms with van der Waals surface area (Å²) >= 11 is 7.56. The molecule has 0 radical (unpaired) electrons. The molecule has 0 unspecified atom stereocenters. The van der Waals surface area contributed by atoms with E-state index in [0.717, 1.165) is 16.0 Å². The Labute approximate surface area is 245 Å². The number of carbonyl (C=O) groups excluding carboxylic acids is 2. The van der Waals surface area contributed by atoms with E-state index in [1.54, 1.807) is 61.8 Å². The third-order valence-corrected chi connectivity index (χ3v) is 7.66. The number of aryl methyl sites for hydroxylation is 1. The number of benzene rings is 2. The van der Waals surface area contributed by atoms with Crippen LogP contribution in [-0.4, -0.2) is 75.8 Å². The van der Waals surface area contributed by atoms with Gasteiger partial charge in [-0.3, -0.25) is 9.59 Å². The van der Waals surface area contributed by atoms with Crippen LogP contribution in [0.15, 0.2) is 53.9 Å². The van der Waals surface area contributed by atoms with Crippen molar-refractivity contribution in [1.29, 1.82) is 0 Å². The quantitative estimate of drug-likeness (QED) is 0.213. The SMILES string of the molecule is COCCCN(CC(=O)N(CCc1ccc(OC)c(OC)c1)Cc1sccc1C)C(=O)COc1ccc(Cl)cc1. The third kappa shape index (κ3) is 9.43. The van der Waals surface area contributed by atoms with Gasteiger partial charge in [-0.15, -0.1) is 11.3 Å². The summed E-state index contributed by atoms with van der Waals surface area (Å²) in [5, 5.41) is 2.61. The zero-order valence-corrected chi connectivity index (χ0v) is 25.1. The molecule has 3 rings (SSSR count). The van der Waals surface area contributed by atoms with E-state index < -0.39 is 0 Å². The van der Waals surface area contributed by atoms with E-state index >= 15 is 0 Å². The van der Waals surface area contributed by atoms with Gasteiger partial charge in [0.1, 0.15) is 5.75 Å². The highest BCUT2D eigenvalue weighted by molar-refractivity contribution is 7.10. The predicted octanol–water partition coefficient (Wildman–Crippen LogP) is 5.24. The average Bonchev–Trinajstić information content (AvgIpc) is 3.37. The highest BCUT2D eigenvalue weighted by Gasteiger charge is 2.23. The number of amides is 2. The monoisotopic (exact) mass is 588 g/mol. The standard InChI is InChI=1S/C30H37ClN2O6S/c1-22-13-17-40-28(22)19-33(15-12-23-6-11-26(37-3)27(18-23)38-4)29(34)20-32(14-5-16-36-2)30(35)21-39-25-9-7-24(31)8-10-25/h6-11,13,17-18H,5,12,14-16,19-21H2,1-4H3. The van der Waals surface area contributed by atoms with Gasteiger partial charge < -0.3 is 28.7 Å². The Morgan fingerprint density at radius 1 is 0.900 bits per heavy atom. The first-order valence-corrected chi connectivity index (χ1v) is 14.3. The zero-order chi connectivity index (χ0) is 28.9. The van der Waals surface area contributed by atoms with Crippen molar-refractivity contribution in [2.75, 3.05) is 54.2 Å². The van der Waals surface area contributed by atoms with Crippen LogP contribution in [0.25, 0.3) is 0 Å². The number of hydrogen-bond donors (Lipinski definition) is 0.